The van der Waals surface area contributed by atoms with E-state index in [0.29, 0.717) is 42.9 Å². The largest absolute Gasteiger partial charge is 0.363 e. The molecule has 1 aromatic carbocycles. The fraction of sp³-hybridized carbons (Fsp3) is 0.632. The Bertz CT molecular complexity index is 686. The number of hydrogen-bond acceptors (Lipinski definition) is 5. The summed E-state index contributed by atoms with van der Waals surface area (Å²) in [7, 11) is 0. The van der Waals surface area contributed by atoms with Crippen LogP contribution >= 0.6 is 11.6 Å². The van der Waals surface area contributed by atoms with E-state index in [1.165, 1.54) is 25.3 Å². The number of nitrogens with zero attached hydrogens (tertiary/aromatic N) is 3. The molecule has 27 heavy (non-hydrogen) atoms. The van der Waals surface area contributed by atoms with Crippen LogP contribution in [-0.4, -0.2) is 54.0 Å². The molecule has 1 amide bonds. The molecule has 2 fully saturated rings. The van der Waals surface area contributed by atoms with Gasteiger partial charge < -0.3 is 10.2 Å². The monoisotopic (exact) mass is 394 g/mol. The van der Waals surface area contributed by atoms with Crippen molar-refractivity contribution < 1.29 is 9.72 Å². The van der Waals surface area contributed by atoms with Crippen LogP contribution in [0.2, 0.25) is 5.02 Å². The van der Waals surface area contributed by atoms with Gasteiger partial charge in [0.2, 0.25) is 5.91 Å². The van der Waals surface area contributed by atoms with Crippen LogP contribution in [0.3, 0.4) is 0 Å². The topological polar surface area (TPSA) is 78.7 Å². The van der Waals surface area contributed by atoms with Gasteiger partial charge in [0.05, 0.1) is 11.0 Å². The second-order valence-electron chi connectivity index (χ2n) is 7.43. The highest BCUT2D eigenvalue weighted by atomic mass is 35.5. The van der Waals surface area contributed by atoms with E-state index < -0.39 is 4.92 Å². The number of nitro benzene ring substituents is 1. The van der Waals surface area contributed by atoms with Crippen molar-refractivity contribution in [3.05, 3.63) is 33.3 Å². The average Bonchev–Trinajstić information content (AvgIpc) is 2.68. The molecule has 0 spiro atoms. The minimum atomic E-state index is -0.395. The molecule has 7 nitrogen and oxygen atoms in total. The molecule has 1 aromatic rings. The molecule has 1 N–H and O–H groups in total. The van der Waals surface area contributed by atoms with E-state index in [9.17, 15) is 14.9 Å². The van der Waals surface area contributed by atoms with E-state index in [4.69, 9.17) is 11.6 Å². The van der Waals surface area contributed by atoms with Gasteiger partial charge in [-0.3, -0.25) is 19.8 Å². The van der Waals surface area contributed by atoms with Crippen LogP contribution < -0.4 is 10.2 Å². The Kier molecular flexibility index (Phi) is 6.55. The quantitative estimate of drug-likeness (QED) is 0.612. The third kappa shape index (κ3) is 4.90. The summed E-state index contributed by atoms with van der Waals surface area (Å²) < 4.78 is 0. The normalized spacial score (nSPS) is 20.3. The van der Waals surface area contributed by atoms with Crippen molar-refractivity contribution >= 4 is 28.9 Å². The van der Waals surface area contributed by atoms with Crippen LogP contribution in [0.5, 0.6) is 0 Å². The van der Waals surface area contributed by atoms with Crippen molar-refractivity contribution in [3.63, 3.8) is 0 Å². The molecule has 0 bridgehead atoms. The summed E-state index contributed by atoms with van der Waals surface area (Å²) >= 11 is 5.90. The van der Waals surface area contributed by atoms with Crippen LogP contribution in [-0.2, 0) is 4.79 Å². The van der Waals surface area contributed by atoms with Crippen molar-refractivity contribution in [2.45, 2.75) is 51.1 Å². The lowest BCUT2D eigenvalue weighted by atomic mass is 9.95. The number of carbonyl (C=O) groups excluding carboxylic acids is 1. The first kappa shape index (κ1) is 19.9. The van der Waals surface area contributed by atoms with Gasteiger partial charge in [0.1, 0.15) is 5.69 Å². The standard InChI is InChI=1S/C19H27ClN4O3/c1-14(19(25)21-16-5-3-2-4-6-16)22-9-11-23(12-10-22)17-8-7-15(20)13-18(17)24(26)27/h7-8,13-14,16H,2-6,9-12H2,1H3,(H,21,25). The van der Waals surface area contributed by atoms with Crippen molar-refractivity contribution in [1.82, 2.24) is 10.2 Å². The fourth-order valence-corrected chi connectivity index (χ4v) is 4.16. The summed E-state index contributed by atoms with van der Waals surface area (Å²) in [6.45, 7) is 4.61. The number of rotatable bonds is 5. The third-order valence-electron chi connectivity index (χ3n) is 5.67. The molecule has 1 heterocycles. The zero-order chi connectivity index (χ0) is 19.4. The van der Waals surface area contributed by atoms with E-state index >= 15 is 0 Å². The molecule has 2 aliphatic rings. The summed E-state index contributed by atoms with van der Waals surface area (Å²) in [5, 5.41) is 14.9. The van der Waals surface area contributed by atoms with Gasteiger partial charge in [-0.2, -0.15) is 0 Å². The van der Waals surface area contributed by atoms with E-state index in [1.54, 1.807) is 12.1 Å². The number of hydrogen-bond donors (Lipinski definition) is 1. The van der Waals surface area contributed by atoms with Gasteiger partial charge >= 0.3 is 0 Å². The predicted octanol–water partition coefficient (Wildman–Crippen LogP) is 3.21. The van der Waals surface area contributed by atoms with Gasteiger partial charge in [0, 0.05) is 43.3 Å². The summed E-state index contributed by atoms with van der Waals surface area (Å²) in [6.07, 6.45) is 5.80. The Morgan fingerprint density at radius 3 is 2.52 bits per heavy atom. The highest BCUT2D eigenvalue weighted by molar-refractivity contribution is 6.30. The van der Waals surface area contributed by atoms with Crippen LogP contribution in [0.25, 0.3) is 0 Å². The van der Waals surface area contributed by atoms with Crippen LogP contribution in [0.15, 0.2) is 18.2 Å². The van der Waals surface area contributed by atoms with Gasteiger partial charge in [0.15, 0.2) is 0 Å². The number of amides is 1. The lowest BCUT2D eigenvalue weighted by molar-refractivity contribution is -0.384. The molecule has 1 atom stereocenters. The second kappa shape index (κ2) is 8.89. The molecular formula is C19H27ClN4O3. The number of nitrogens with one attached hydrogen (secondary N) is 1. The number of nitro groups is 1. The smallest absolute Gasteiger partial charge is 0.294 e. The third-order valence-corrected chi connectivity index (χ3v) is 5.90. The number of benzene rings is 1. The first-order valence-electron chi connectivity index (χ1n) is 9.69. The minimum absolute atomic E-state index is 0.0269. The summed E-state index contributed by atoms with van der Waals surface area (Å²) in [5.41, 5.74) is 0.613. The van der Waals surface area contributed by atoms with Gasteiger partial charge in [0.25, 0.3) is 5.69 Å². The van der Waals surface area contributed by atoms with Crippen LogP contribution in [0.4, 0.5) is 11.4 Å². The SMILES string of the molecule is CC(C(=O)NC1CCCCC1)N1CCN(c2ccc(Cl)cc2[N+](=O)[O-])CC1. The molecule has 8 heteroatoms. The molecule has 1 saturated carbocycles. The summed E-state index contributed by atoms with van der Waals surface area (Å²) in [5.74, 6) is 0.0906. The van der Waals surface area contributed by atoms with E-state index in [2.05, 4.69) is 10.2 Å². The lowest BCUT2D eigenvalue weighted by Crippen LogP contribution is -2.55. The number of carbonyl (C=O) groups is 1. The molecule has 1 aliphatic heterocycles. The first-order valence-corrected chi connectivity index (χ1v) is 10.1. The Labute approximate surface area is 164 Å². The summed E-state index contributed by atoms with van der Waals surface area (Å²) in [4.78, 5) is 27.6. The molecule has 1 saturated heterocycles. The Balaban J connectivity index is 1.57. The first-order chi connectivity index (χ1) is 13.0. The minimum Gasteiger partial charge on any atom is -0.363 e. The Morgan fingerprint density at radius 1 is 1.22 bits per heavy atom. The van der Waals surface area contributed by atoms with Gasteiger partial charge in [-0.1, -0.05) is 30.9 Å². The lowest BCUT2D eigenvalue weighted by Gasteiger charge is -2.38. The zero-order valence-corrected chi connectivity index (χ0v) is 16.5. The van der Waals surface area contributed by atoms with E-state index in [-0.39, 0.29) is 17.6 Å². The number of halogens is 1. The molecule has 3 rings (SSSR count). The maximum atomic E-state index is 12.6. The highest BCUT2D eigenvalue weighted by Gasteiger charge is 2.29. The zero-order valence-electron chi connectivity index (χ0n) is 15.7. The maximum Gasteiger partial charge on any atom is 0.294 e. The van der Waals surface area contributed by atoms with E-state index in [0.717, 1.165) is 12.8 Å². The molecule has 1 aliphatic carbocycles. The Hall–Kier alpha value is -1.86. The average molecular weight is 395 g/mol. The molecule has 1 unspecified atom stereocenters. The fourth-order valence-electron chi connectivity index (χ4n) is 3.99. The Morgan fingerprint density at radius 2 is 1.89 bits per heavy atom. The molecule has 148 valence electrons. The number of piperazine rings is 1. The summed E-state index contributed by atoms with van der Waals surface area (Å²) in [6, 6.07) is 4.90. The van der Waals surface area contributed by atoms with Gasteiger partial charge in [-0.25, -0.2) is 0 Å². The van der Waals surface area contributed by atoms with Gasteiger partial charge in [-0.05, 0) is 31.9 Å². The van der Waals surface area contributed by atoms with Gasteiger partial charge in [-0.15, -0.1) is 0 Å². The van der Waals surface area contributed by atoms with Crippen LogP contribution in [0.1, 0.15) is 39.0 Å². The van der Waals surface area contributed by atoms with Crippen molar-refractivity contribution in [2.24, 2.45) is 0 Å². The second-order valence-corrected chi connectivity index (χ2v) is 7.87. The molecular weight excluding hydrogens is 368 g/mol. The van der Waals surface area contributed by atoms with Crippen LogP contribution in [0, 0.1) is 10.1 Å². The number of anilines is 1. The molecule has 0 radical (unpaired) electrons. The molecule has 0 aromatic heterocycles. The maximum absolute atomic E-state index is 12.6. The van der Waals surface area contributed by atoms with Crippen molar-refractivity contribution in [3.8, 4) is 0 Å². The predicted molar refractivity (Wildman–Crippen MR) is 106 cm³/mol. The van der Waals surface area contributed by atoms with Crippen molar-refractivity contribution in [1.29, 1.82) is 0 Å². The highest BCUT2D eigenvalue weighted by Crippen LogP contribution is 2.31. The van der Waals surface area contributed by atoms with Crippen molar-refractivity contribution in [2.75, 3.05) is 31.1 Å². The van der Waals surface area contributed by atoms with E-state index in [1.807, 2.05) is 11.8 Å².